The summed E-state index contributed by atoms with van der Waals surface area (Å²) in [4.78, 5) is 11.1. The van der Waals surface area contributed by atoms with E-state index >= 15 is 0 Å². The number of anilines is 2. The molecule has 27 heavy (non-hydrogen) atoms. The Morgan fingerprint density at radius 3 is 2.78 bits per heavy atom. The van der Waals surface area contributed by atoms with Gasteiger partial charge in [0.2, 0.25) is 5.95 Å². The van der Waals surface area contributed by atoms with Crippen molar-refractivity contribution >= 4 is 40.5 Å². The fourth-order valence-corrected chi connectivity index (χ4v) is 2.64. The van der Waals surface area contributed by atoms with E-state index in [0.29, 0.717) is 11.5 Å². The lowest BCUT2D eigenvalue weighted by atomic mass is 10.2. The van der Waals surface area contributed by atoms with E-state index in [1.807, 2.05) is 38.4 Å². The van der Waals surface area contributed by atoms with Crippen LogP contribution in [0.4, 0.5) is 16.2 Å². The number of fused-ring (bicyclic) bond motifs is 1. The monoisotopic (exact) mass is 386 g/mol. The van der Waals surface area contributed by atoms with Crippen molar-refractivity contribution in [3.05, 3.63) is 58.9 Å². The maximum atomic E-state index is 13.1. The number of benzene rings is 2. The minimum absolute atomic E-state index is 0.283. The molecule has 1 heterocycles. The van der Waals surface area contributed by atoms with Gasteiger partial charge in [0.1, 0.15) is 11.6 Å². The molecule has 0 amide bonds. The standard InChI is InChI=1S/C19H20ClFN6/c1-27(2)10-9-22-18-15-5-3-4-6-17(15)24-19(25-18)26-23-12-13-7-8-14(21)11-16(13)20/h3-8,11-12H,9-10H2,1-2H3,(H2,22,24,25,26). The minimum atomic E-state index is -0.392. The fourth-order valence-electron chi connectivity index (χ4n) is 2.43. The number of rotatable bonds is 7. The van der Waals surface area contributed by atoms with Gasteiger partial charge in [-0.25, -0.2) is 14.8 Å². The summed E-state index contributed by atoms with van der Waals surface area (Å²) >= 11 is 5.99. The molecular formula is C19H20ClFN6. The summed E-state index contributed by atoms with van der Waals surface area (Å²) < 4.78 is 13.1. The highest BCUT2D eigenvalue weighted by molar-refractivity contribution is 6.33. The zero-order valence-electron chi connectivity index (χ0n) is 15.1. The molecule has 0 spiro atoms. The molecule has 3 aromatic rings. The maximum absolute atomic E-state index is 13.1. The summed E-state index contributed by atoms with van der Waals surface area (Å²) in [5.41, 5.74) is 4.21. The van der Waals surface area contributed by atoms with Gasteiger partial charge in [0.25, 0.3) is 0 Å². The number of hydrazone groups is 1. The lowest BCUT2D eigenvalue weighted by molar-refractivity contribution is 0.425. The molecule has 0 unspecified atom stereocenters. The lowest BCUT2D eigenvalue weighted by Gasteiger charge is -2.13. The van der Waals surface area contributed by atoms with Crippen molar-refractivity contribution in [1.82, 2.24) is 14.9 Å². The van der Waals surface area contributed by atoms with Gasteiger partial charge >= 0.3 is 0 Å². The molecule has 0 aliphatic rings. The Labute approximate surface area is 162 Å². The molecule has 0 saturated carbocycles. The Morgan fingerprint density at radius 2 is 2.00 bits per heavy atom. The second-order valence-corrected chi connectivity index (χ2v) is 6.59. The Hall–Kier alpha value is -2.77. The highest BCUT2D eigenvalue weighted by atomic mass is 35.5. The molecule has 0 aliphatic heterocycles. The van der Waals surface area contributed by atoms with Crippen LogP contribution in [0.25, 0.3) is 10.9 Å². The third kappa shape index (κ3) is 5.12. The average Bonchev–Trinajstić information content (AvgIpc) is 2.63. The van der Waals surface area contributed by atoms with Gasteiger partial charge in [0.05, 0.1) is 16.8 Å². The van der Waals surface area contributed by atoms with Crippen molar-refractivity contribution in [2.75, 3.05) is 37.9 Å². The van der Waals surface area contributed by atoms with E-state index in [2.05, 4.69) is 30.7 Å². The van der Waals surface area contributed by atoms with E-state index in [-0.39, 0.29) is 5.02 Å². The molecular weight excluding hydrogens is 367 g/mol. The molecule has 0 aliphatic carbocycles. The number of hydrogen-bond acceptors (Lipinski definition) is 6. The first-order valence-corrected chi connectivity index (χ1v) is 8.80. The number of likely N-dealkylation sites (N-methyl/N-ethyl adjacent to an activating group) is 1. The molecule has 1 aromatic heterocycles. The fraction of sp³-hybridized carbons (Fsp3) is 0.211. The van der Waals surface area contributed by atoms with Crippen LogP contribution in [0.2, 0.25) is 5.02 Å². The van der Waals surface area contributed by atoms with Crippen LogP contribution >= 0.6 is 11.6 Å². The highest BCUT2D eigenvalue weighted by Gasteiger charge is 2.07. The largest absolute Gasteiger partial charge is 0.368 e. The van der Waals surface area contributed by atoms with Crippen LogP contribution in [0.1, 0.15) is 5.56 Å². The summed E-state index contributed by atoms with van der Waals surface area (Å²) in [6, 6.07) is 11.9. The molecule has 8 heteroatoms. The van der Waals surface area contributed by atoms with E-state index in [1.54, 1.807) is 6.07 Å². The number of nitrogens with one attached hydrogen (secondary N) is 2. The summed E-state index contributed by atoms with van der Waals surface area (Å²) in [5.74, 6) is 0.701. The van der Waals surface area contributed by atoms with E-state index in [4.69, 9.17) is 11.6 Å². The third-order valence-corrected chi connectivity index (χ3v) is 4.11. The zero-order chi connectivity index (χ0) is 19.2. The second-order valence-electron chi connectivity index (χ2n) is 6.18. The number of aromatic nitrogens is 2. The van der Waals surface area contributed by atoms with Crippen molar-refractivity contribution in [3.63, 3.8) is 0 Å². The first-order chi connectivity index (χ1) is 13.0. The summed E-state index contributed by atoms with van der Waals surface area (Å²) in [7, 11) is 4.03. The molecule has 0 fully saturated rings. The minimum Gasteiger partial charge on any atom is -0.368 e. The topological polar surface area (TPSA) is 65.4 Å². The summed E-state index contributed by atoms with van der Waals surface area (Å²) in [6.45, 7) is 1.63. The van der Waals surface area contributed by atoms with Crippen LogP contribution in [0.5, 0.6) is 0 Å². The van der Waals surface area contributed by atoms with E-state index < -0.39 is 5.82 Å². The van der Waals surface area contributed by atoms with Crippen molar-refractivity contribution in [3.8, 4) is 0 Å². The molecule has 0 bridgehead atoms. The van der Waals surface area contributed by atoms with E-state index in [9.17, 15) is 4.39 Å². The first kappa shape index (κ1) is 19.0. The van der Waals surface area contributed by atoms with Gasteiger partial charge in [-0.2, -0.15) is 10.1 Å². The predicted octanol–water partition coefficient (Wildman–Crippen LogP) is 3.84. The van der Waals surface area contributed by atoms with Gasteiger partial charge in [-0.15, -0.1) is 0 Å². The molecule has 0 saturated heterocycles. The third-order valence-electron chi connectivity index (χ3n) is 3.79. The number of nitrogens with zero attached hydrogens (tertiary/aromatic N) is 4. The Morgan fingerprint density at radius 1 is 1.19 bits per heavy atom. The van der Waals surface area contributed by atoms with Gasteiger partial charge in [-0.1, -0.05) is 23.7 Å². The lowest BCUT2D eigenvalue weighted by Crippen LogP contribution is -2.21. The van der Waals surface area contributed by atoms with Crippen LogP contribution in [-0.2, 0) is 0 Å². The normalized spacial score (nSPS) is 11.4. The molecule has 0 atom stereocenters. The number of hydrogen-bond donors (Lipinski definition) is 2. The Balaban J connectivity index is 1.80. The zero-order valence-corrected chi connectivity index (χ0v) is 15.8. The quantitative estimate of drug-likeness (QED) is 0.477. The smallest absolute Gasteiger partial charge is 0.246 e. The van der Waals surface area contributed by atoms with Crippen molar-refractivity contribution < 1.29 is 4.39 Å². The Kier molecular flexibility index (Phi) is 6.16. The van der Waals surface area contributed by atoms with E-state index in [1.165, 1.54) is 18.3 Å². The number of para-hydroxylation sites is 1. The maximum Gasteiger partial charge on any atom is 0.246 e. The second kappa shape index (κ2) is 8.75. The molecule has 6 nitrogen and oxygen atoms in total. The average molecular weight is 387 g/mol. The SMILES string of the molecule is CN(C)CCNc1nc(NN=Cc2ccc(F)cc2Cl)nc2ccccc12. The van der Waals surface area contributed by atoms with Gasteiger partial charge in [-0.05, 0) is 44.4 Å². The Bertz CT molecular complexity index is 960. The molecule has 140 valence electrons. The molecule has 3 rings (SSSR count). The molecule has 0 radical (unpaired) electrons. The molecule has 2 aromatic carbocycles. The van der Waals surface area contributed by atoms with Crippen molar-refractivity contribution in [1.29, 1.82) is 0 Å². The van der Waals surface area contributed by atoms with Crippen LogP contribution in [0.3, 0.4) is 0 Å². The summed E-state index contributed by atoms with van der Waals surface area (Å²) in [6.07, 6.45) is 1.50. The summed E-state index contributed by atoms with van der Waals surface area (Å²) in [5, 5.41) is 8.67. The molecule has 2 N–H and O–H groups in total. The van der Waals surface area contributed by atoms with Crippen molar-refractivity contribution in [2.45, 2.75) is 0 Å². The van der Waals surface area contributed by atoms with Gasteiger partial charge < -0.3 is 10.2 Å². The number of halogens is 2. The van der Waals surface area contributed by atoms with Gasteiger partial charge in [0, 0.05) is 24.0 Å². The van der Waals surface area contributed by atoms with Crippen LogP contribution < -0.4 is 10.7 Å². The van der Waals surface area contributed by atoms with Gasteiger partial charge in [0.15, 0.2) is 0 Å². The van der Waals surface area contributed by atoms with Gasteiger partial charge in [-0.3, -0.25) is 0 Å². The van der Waals surface area contributed by atoms with E-state index in [0.717, 1.165) is 29.8 Å². The highest BCUT2D eigenvalue weighted by Crippen LogP contribution is 2.21. The van der Waals surface area contributed by atoms with Crippen molar-refractivity contribution in [2.24, 2.45) is 5.10 Å². The first-order valence-electron chi connectivity index (χ1n) is 8.42. The van der Waals surface area contributed by atoms with Crippen LogP contribution in [0.15, 0.2) is 47.6 Å². The predicted molar refractivity (Wildman–Crippen MR) is 109 cm³/mol. The van der Waals surface area contributed by atoms with Crippen LogP contribution in [-0.4, -0.2) is 48.3 Å². The van der Waals surface area contributed by atoms with Crippen LogP contribution in [0, 0.1) is 5.82 Å².